The van der Waals surface area contributed by atoms with Gasteiger partial charge in [-0.05, 0) is 86.3 Å². The molecular weight excluding hydrogens is 590 g/mol. The number of ether oxygens (including phenoxy) is 2. The van der Waals surface area contributed by atoms with Gasteiger partial charge in [0.1, 0.15) is 11.8 Å². The lowest BCUT2D eigenvalue weighted by atomic mass is 9.81. The number of hydrogen-bond acceptors (Lipinski definition) is 9. The van der Waals surface area contributed by atoms with E-state index in [9.17, 15) is 9.59 Å². The topological polar surface area (TPSA) is 117 Å². The van der Waals surface area contributed by atoms with Crippen molar-refractivity contribution in [3.63, 3.8) is 0 Å². The molecule has 4 rings (SSSR count). The molecule has 0 fully saturated rings. The van der Waals surface area contributed by atoms with Gasteiger partial charge in [-0.1, -0.05) is 49.4 Å². The van der Waals surface area contributed by atoms with Crippen LogP contribution in [0.3, 0.4) is 0 Å². The molecule has 0 aliphatic heterocycles. The molecule has 1 aliphatic carbocycles. The molecule has 9 nitrogen and oxygen atoms in total. The third-order valence-corrected chi connectivity index (χ3v) is 8.46. The number of nitrogens with zero attached hydrogens (tertiary/aromatic N) is 3. The molecule has 246 valence electrons. The second-order valence-corrected chi connectivity index (χ2v) is 11.8. The van der Waals surface area contributed by atoms with Crippen LogP contribution in [0, 0.1) is 19.4 Å². The Morgan fingerprint density at radius 1 is 1.15 bits per heavy atom. The zero-order valence-corrected chi connectivity index (χ0v) is 28.2. The second-order valence-electron chi connectivity index (χ2n) is 11.8. The molecule has 3 aromatic rings. The van der Waals surface area contributed by atoms with Crippen molar-refractivity contribution in [2.24, 2.45) is 5.11 Å². The minimum Gasteiger partial charge on any atom is -0.473 e. The molecule has 1 aromatic heterocycles. The quantitative estimate of drug-likeness (QED) is 0.0881. The molecule has 9 heteroatoms. The molecule has 0 spiro atoms. The standard InChI is InChI=1S/C38H45N5O4/c1-7-31(47-38-28(13-10-20-41-38)16-19-36(45)46-6)24-43(5)23-30-21-29(15-14-25(30)3)33(22-35(44)27-11-9-12-27)32-17-18-34(40-8-2)37(42-39)26(32)4/h9-21,31,33,39-40H,7-8,22-24H2,1-6H3/t31-,33?/m1/s1. The number of allylic oxidation sites excluding steroid dienone is 4. The first-order chi connectivity index (χ1) is 22.7. The maximum atomic E-state index is 13.3. The molecule has 2 aromatic carbocycles. The predicted octanol–water partition coefficient (Wildman–Crippen LogP) is 7.86. The van der Waals surface area contributed by atoms with E-state index >= 15 is 0 Å². The van der Waals surface area contributed by atoms with Gasteiger partial charge < -0.3 is 14.8 Å². The Hall–Kier alpha value is -4.89. The summed E-state index contributed by atoms with van der Waals surface area (Å²) in [6.07, 6.45) is 11.2. The fraction of sp³-hybridized carbons (Fsp3) is 0.342. The number of pyridine rings is 1. The van der Waals surface area contributed by atoms with E-state index in [0.717, 1.165) is 52.0 Å². The second kappa shape index (κ2) is 16.6. The van der Waals surface area contributed by atoms with Crippen molar-refractivity contribution in [2.75, 3.05) is 32.6 Å². The van der Waals surface area contributed by atoms with Crippen LogP contribution in [-0.2, 0) is 20.9 Å². The molecular formula is C38H45N5O4. The van der Waals surface area contributed by atoms with Crippen LogP contribution in [0.15, 0.2) is 83.7 Å². The van der Waals surface area contributed by atoms with Gasteiger partial charge in [-0.3, -0.25) is 9.69 Å². The average molecular weight is 636 g/mol. The lowest BCUT2D eigenvalue weighted by Crippen LogP contribution is -2.33. The Kier molecular flexibility index (Phi) is 12.4. The first-order valence-corrected chi connectivity index (χ1v) is 16.0. The number of ketones is 1. The summed E-state index contributed by atoms with van der Waals surface area (Å²) in [6, 6.07) is 14.1. The van der Waals surface area contributed by atoms with E-state index in [4.69, 9.17) is 15.0 Å². The van der Waals surface area contributed by atoms with Crippen LogP contribution in [0.4, 0.5) is 11.4 Å². The lowest BCUT2D eigenvalue weighted by Gasteiger charge is -2.26. The van der Waals surface area contributed by atoms with Gasteiger partial charge in [-0.15, -0.1) is 0 Å². The van der Waals surface area contributed by atoms with Crippen molar-refractivity contribution in [1.82, 2.24) is 9.88 Å². The predicted molar refractivity (Wildman–Crippen MR) is 186 cm³/mol. The van der Waals surface area contributed by atoms with Crippen LogP contribution >= 0.6 is 0 Å². The van der Waals surface area contributed by atoms with Gasteiger partial charge in [0.05, 0.1) is 12.8 Å². The summed E-state index contributed by atoms with van der Waals surface area (Å²) in [5, 5.41) is 7.16. The molecule has 1 aliphatic rings. The van der Waals surface area contributed by atoms with Crippen LogP contribution in [0.2, 0.25) is 0 Å². The van der Waals surface area contributed by atoms with Crippen LogP contribution in [0.5, 0.6) is 5.88 Å². The molecule has 2 atom stereocenters. The third-order valence-electron chi connectivity index (χ3n) is 8.46. The molecule has 0 saturated carbocycles. The van der Waals surface area contributed by atoms with Crippen LogP contribution < -0.4 is 10.1 Å². The van der Waals surface area contributed by atoms with Crippen molar-refractivity contribution >= 4 is 29.2 Å². The summed E-state index contributed by atoms with van der Waals surface area (Å²) in [5.41, 5.74) is 16.0. The maximum absolute atomic E-state index is 13.3. The number of methoxy groups -OCH3 is 1. The summed E-state index contributed by atoms with van der Waals surface area (Å²) in [4.78, 5) is 31.6. The number of benzene rings is 2. The Morgan fingerprint density at radius 3 is 2.60 bits per heavy atom. The Bertz CT molecular complexity index is 1690. The number of carbonyl (C=O) groups is 2. The molecule has 0 radical (unpaired) electrons. The van der Waals surface area contributed by atoms with E-state index in [1.807, 2.05) is 44.2 Å². The fourth-order valence-electron chi connectivity index (χ4n) is 5.70. The number of aromatic nitrogens is 1. The largest absolute Gasteiger partial charge is 0.473 e. The number of rotatable bonds is 17. The summed E-state index contributed by atoms with van der Waals surface area (Å²) in [7, 11) is 3.41. The number of likely N-dealkylation sites (N-methyl/N-ethyl adjacent to an activating group) is 1. The van der Waals surface area contributed by atoms with Crippen molar-refractivity contribution in [3.05, 3.63) is 112 Å². The average Bonchev–Trinajstić information content (AvgIpc) is 3.03. The number of esters is 1. The fourth-order valence-corrected chi connectivity index (χ4v) is 5.70. The third kappa shape index (κ3) is 8.89. The van der Waals surface area contributed by atoms with E-state index in [0.29, 0.717) is 36.6 Å². The van der Waals surface area contributed by atoms with Crippen molar-refractivity contribution in [1.29, 1.82) is 5.53 Å². The zero-order chi connectivity index (χ0) is 33.9. The van der Waals surface area contributed by atoms with E-state index in [1.165, 1.54) is 13.2 Å². The number of aryl methyl sites for hydroxylation is 1. The van der Waals surface area contributed by atoms with E-state index in [1.54, 1.807) is 18.3 Å². The molecule has 0 amide bonds. The summed E-state index contributed by atoms with van der Waals surface area (Å²) < 4.78 is 11.0. The normalized spacial score (nSPS) is 13.6. The molecule has 1 unspecified atom stereocenters. The highest BCUT2D eigenvalue weighted by atomic mass is 16.5. The van der Waals surface area contributed by atoms with Gasteiger partial charge in [0.25, 0.3) is 0 Å². The number of anilines is 1. The molecule has 1 heterocycles. The highest BCUT2D eigenvalue weighted by Gasteiger charge is 2.25. The van der Waals surface area contributed by atoms with E-state index in [-0.39, 0.29) is 17.8 Å². The molecule has 47 heavy (non-hydrogen) atoms. The van der Waals surface area contributed by atoms with Gasteiger partial charge in [0.2, 0.25) is 5.88 Å². The summed E-state index contributed by atoms with van der Waals surface area (Å²) in [5.74, 6) is -0.0929. The van der Waals surface area contributed by atoms with E-state index in [2.05, 4.69) is 65.5 Å². The minimum atomic E-state index is -0.444. The molecule has 0 bridgehead atoms. The van der Waals surface area contributed by atoms with Crippen molar-refractivity contribution < 1.29 is 19.1 Å². The first kappa shape index (κ1) is 35.0. The monoisotopic (exact) mass is 635 g/mol. The van der Waals surface area contributed by atoms with E-state index < -0.39 is 5.97 Å². The van der Waals surface area contributed by atoms with Crippen LogP contribution in [0.25, 0.3) is 6.08 Å². The SMILES string of the molecule is CCNc1ccc(C(CC(=O)C2=CC=C2)c2ccc(C)c(CN(C)C[C@@H](CC)Oc3ncccc3C=CC(=O)OC)c2)c(C)c1N=N. The van der Waals surface area contributed by atoms with Gasteiger partial charge in [-0.25, -0.2) is 15.3 Å². The Balaban J connectivity index is 1.58. The molecule has 0 saturated heterocycles. The van der Waals surface area contributed by atoms with Crippen molar-refractivity contribution in [3.8, 4) is 5.88 Å². The van der Waals surface area contributed by atoms with Gasteiger partial charge >= 0.3 is 5.97 Å². The number of carbonyl (C=O) groups excluding carboxylic acids is 2. The lowest BCUT2D eigenvalue weighted by molar-refractivity contribution is -0.134. The summed E-state index contributed by atoms with van der Waals surface area (Å²) >= 11 is 0. The van der Waals surface area contributed by atoms with Gasteiger partial charge in [0.15, 0.2) is 5.78 Å². The van der Waals surface area contributed by atoms with Gasteiger partial charge in [0, 0.05) is 55.4 Å². The minimum absolute atomic E-state index is 0.0922. The van der Waals surface area contributed by atoms with Crippen molar-refractivity contribution in [2.45, 2.75) is 59.1 Å². The number of hydrogen-bond donors (Lipinski definition) is 2. The molecule has 2 N–H and O–H groups in total. The smallest absolute Gasteiger partial charge is 0.330 e. The van der Waals surface area contributed by atoms with Gasteiger partial charge in [-0.2, -0.15) is 5.11 Å². The van der Waals surface area contributed by atoms with Crippen LogP contribution in [-0.4, -0.2) is 55.0 Å². The summed E-state index contributed by atoms with van der Waals surface area (Å²) in [6.45, 7) is 10.2. The highest BCUT2D eigenvalue weighted by Crippen LogP contribution is 2.39. The zero-order valence-electron chi connectivity index (χ0n) is 28.2. The highest BCUT2D eigenvalue weighted by molar-refractivity contribution is 6.00. The Labute approximate surface area is 277 Å². The Morgan fingerprint density at radius 2 is 1.94 bits per heavy atom. The first-order valence-electron chi connectivity index (χ1n) is 16.0. The number of Topliss-reactive ketones (excluding diaryl/α,β-unsaturated/α-hetero) is 1. The van der Waals surface area contributed by atoms with Crippen LogP contribution in [0.1, 0.15) is 66.0 Å². The number of nitrogens with one attached hydrogen (secondary N) is 2. The maximum Gasteiger partial charge on any atom is 0.330 e.